The molecular formula is C27H34N8O4. The number of nitrogens with zero attached hydrogens (tertiary/aromatic N) is 8. The highest BCUT2D eigenvalue weighted by atomic mass is 16.5. The van der Waals surface area contributed by atoms with Crippen LogP contribution in [0.3, 0.4) is 0 Å². The molecule has 1 aromatic carbocycles. The van der Waals surface area contributed by atoms with Gasteiger partial charge in [-0.1, -0.05) is 12.1 Å². The third kappa shape index (κ3) is 4.52. The minimum Gasteiger partial charge on any atom is -0.385 e. The van der Waals surface area contributed by atoms with Gasteiger partial charge in [-0.25, -0.2) is 9.97 Å². The lowest BCUT2D eigenvalue weighted by molar-refractivity contribution is -0.154. The minimum atomic E-state index is -1.37. The molecule has 2 fully saturated rings. The van der Waals surface area contributed by atoms with E-state index in [2.05, 4.69) is 9.88 Å². The van der Waals surface area contributed by atoms with Crippen molar-refractivity contribution < 1.29 is 19.7 Å². The first kappa shape index (κ1) is 25.7. The lowest BCUT2D eigenvalue weighted by atomic mass is 9.93. The van der Waals surface area contributed by atoms with Crippen molar-refractivity contribution in [1.82, 2.24) is 34.0 Å². The molecule has 0 unspecified atom stereocenters. The number of benzene rings is 1. The maximum atomic E-state index is 12.4. The number of aliphatic hydroxyl groups excluding tert-OH is 1. The maximum Gasteiger partial charge on any atom is 0.253 e. The average Bonchev–Trinajstić information content (AvgIpc) is 3.43. The lowest BCUT2D eigenvalue weighted by Crippen LogP contribution is -2.56. The number of likely N-dealkylation sites (tertiary alicyclic amines) is 1. The van der Waals surface area contributed by atoms with Gasteiger partial charge >= 0.3 is 0 Å². The number of aliphatic hydroxyl groups is 2. The van der Waals surface area contributed by atoms with E-state index >= 15 is 0 Å². The zero-order valence-electron chi connectivity index (χ0n) is 22.7. The van der Waals surface area contributed by atoms with Gasteiger partial charge in [0.05, 0.1) is 24.2 Å². The number of carbonyl (C=O) groups excluding carboxylic acids is 1. The van der Waals surface area contributed by atoms with Gasteiger partial charge in [-0.15, -0.1) is 0 Å². The Morgan fingerprint density at radius 2 is 1.85 bits per heavy atom. The predicted octanol–water partition coefficient (Wildman–Crippen LogP) is 1.36. The molecule has 0 saturated carbocycles. The number of amides is 1. The Hall–Kier alpha value is -3.61. The second-order valence-corrected chi connectivity index (χ2v) is 11.0. The third-order valence-electron chi connectivity index (χ3n) is 7.49. The van der Waals surface area contributed by atoms with Crippen LogP contribution in [-0.4, -0.2) is 95.1 Å². The van der Waals surface area contributed by atoms with Gasteiger partial charge in [0, 0.05) is 45.6 Å². The smallest absolute Gasteiger partial charge is 0.253 e. The summed E-state index contributed by atoms with van der Waals surface area (Å²) in [5.74, 6) is 2.46. The van der Waals surface area contributed by atoms with Crippen molar-refractivity contribution in [2.75, 3.05) is 44.3 Å². The second kappa shape index (κ2) is 9.54. The normalized spacial score (nSPS) is 17.7. The van der Waals surface area contributed by atoms with Gasteiger partial charge < -0.3 is 29.3 Å². The van der Waals surface area contributed by atoms with Crippen molar-refractivity contribution in [2.24, 2.45) is 13.0 Å². The summed E-state index contributed by atoms with van der Waals surface area (Å²) in [6.07, 6.45) is -0.147. The summed E-state index contributed by atoms with van der Waals surface area (Å²) in [4.78, 5) is 35.9. The van der Waals surface area contributed by atoms with E-state index in [1.54, 1.807) is 11.8 Å². The third-order valence-corrected chi connectivity index (χ3v) is 7.49. The van der Waals surface area contributed by atoms with Gasteiger partial charge in [-0.3, -0.25) is 9.36 Å². The zero-order valence-corrected chi connectivity index (χ0v) is 22.7. The summed E-state index contributed by atoms with van der Waals surface area (Å²) in [5, 5.41) is 20.6. The minimum absolute atomic E-state index is 0.241. The number of fused-ring (bicyclic) bond motifs is 2. The van der Waals surface area contributed by atoms with E-state index in [1.165, 1.54) is 13.8 Å². The number of hydrogen-bond acceptors (Lipinski definition) is 9. The number of hydrogen-bond donors (Lipinski definition) is 2. The molecule has 1 atom stereocenters. The van der Waals surface area contributed by atoms with Gasteiger partial charge in [-0.05, 0) is 32.9 Å². The molecule has 1 amide bonds. The van der Waals surface area contributed by atoms with Crippen molar-refractivity contribution >= 4 is 33.9 Å². The van der Waals surface area contributed by atoms with E-state index in [4.69, 9.17) is 19.7 Å². The number of ether oxygens (including phenoxy) is 1. The molecule has 2 aliphatic heterocycles. The van der Waals surface area contributed by atoms with Crippen LogP contribution in [0.5, 0.6) is 0 Å². The summed E-state index contributed by atoms with van der Waals surface area (Å²) in [7, 11) is 1.95. The van der Waals surface area contributed by atoms with Crippen LogP contribution >= 0.6 is 0 Å². The molecule has 4 aromatic rings. The SMILES string of the molecule is C[C@@H](O)c1nc2ccccc2n1-c1nc(N2CCOCC2)c2nc(CC3CN(C(=O)C(C)(C)O)C3)n(C)c2n1. The van der Waals surface area contributed by atoms with Crippen molar-refractivity contribution in [1.29, 1.82) is 0 Å². The fourth-order valence-electron chi connectivity index (χ4n) is 5.40. The molecule has 5 heterocycles. The molecular weight excluding hydrogens is 500 g/mol. The molecule has 0 radical (unpaired) electrons. The Balaban J connectivity index is 1.42. The topological polar surface area (TPSA) is 135 Å². The van der Waals surface area contributed by atoms with Crippen molar-refractivity contribution in [3.8, 4) is 5.95 Å². The molecule has 0 aliphatic carbocycles. The van der Waals surface area contributed by atoms with Gasteiger partial charge in [-0.2, -0.15) is 9.97 Å². The fraction of sp³-hybridized carbons (Fsp3) is 0.519. The van der Waals surface area contributed by atoms with Gasteiger partial charge in [0.2, 0.25) is 5.95 Å². The monoisotopic (exact) mass is 534 g/mol. The van der Waals surface area contributed by atoms with Crippen LogP contribution in [0.15, 0.2) is 24.3 Å². The summed E-state index contributed by atoms with van der Waals surface area (Å²) in [6, 6.07) is 7.70. The number of imidazole rings is 2. The highest BCUT2D eigenvalue weighted by Crippen LogP contribution is 2.31. The molecule has 39 heavy (non-hydrogen) atoms. The molecule has 0 spiro atoms. The van der Waals surface area contributed by atoms with Crippen molar-refractivity contribution in [3.63, 3.8) is 0 Å². The largest absolute Gasteiger partial charge is 0.385 e. The molecule has 0 bridgehead atoms. The quantitative estimate of drug-likeness (QED) is 0.376. The fourth-order valence-corrected chi connectivity index (χ4v) is 5.40. The molecule has 6 rings (SSSR count). The Bertz CT molecular complexity index is 1540. The lowest BCUT2D eigenvalue weighted by Gasteiger charge is -2.41. The number of rotatable bonds is 6. The predicted molar refractivity (Wildman–Crippen MR) is 145 cm³/mol. The van der Waals surface area contributed by atoms with E-state index in [1.807, 2.05) is 40.4 Å². The van der Waals surface area contributed by atoms with Gasteiger partial charge in [0.1, 0.15) is 23.4 Å². The first-order valence-electron chi connectivity index (χ1n) is 13.4. The Labute approximate surface area is 225 Å². The molecule has 206 valence electrons. The number of carbonyl (C=O) groups is 1. The van der Waals surface area contributed by atoms with Crippen LogP contribution in [0.2, 0.25) is 0 Å². The number of anilines is 1. The molecule has 2 N–H and O–H groups in total. The maximum absolute atomic E-state index is 12.4. The summed E-state index contributed by atoms with van der Waals surface area (Å²) >= 11 is 0. The van der Waals surface area contributed by atoms with E-state index in [-0.39, 0.29) is 11.8 Å². The van der Waals surface area contributed by atoms with E-state index in [9.17, 15) is 15.0 Å². The van der Waals surface area contributed by atoms with Crippen LogP contribution in [0.4, 0.5) is 5.82 Å². The van der Waals surface area contributed by atoms with E-state index in [0.29, 0.717) is 68.8 Å². The van der Waals surface area contributed by atoms with E-state index in [0.717, 1.165) is 22.7 Å². The first-order valence-corrected chi connectivity index (χ1v) is 13.4. The first-order chi connectivity index (χ1) is 18.6. The zero-order chi connectivity index (χ0) is 27.5. The Morgan fingerprint density at radius 3 is 2.54 bits per heavy atom. The summed E-state index contributed by atoms with van der Waals surface area (Å²) in [5.41, 5.74) is 1.60. The average molecular weight is 535 g/mol. The molecule has 2 saturated heterocycles. The van der Waals surface area contributed by atoms with Gasteiger partial charge in [0.15, 0.2) is 17.0 Å². The highest BCUT2D eigenvalue weighted by molar-refractivity contribution is 5.86. The van der Waals surface area contributed by atoms with Crippen LogP contribution < -0.4 is 4.90 Å². The standard InChI is InChI=1S/C27H34N8O4/c1-16(36)22-28-18-7-5-6-8-19(18)35(22)26-30-23-21(24(31-26)33-9-11-39-12-10-33)29-20(32(23)4)13-17-14-34(15-17)25(37)27(2,3)38/h5-8,16-17,36,38H,9-15H2,1-4H3/t16-/m1/s1. The summed E-state index contributed by atoms with van der Waals surface area (Å²) < 4.78 is 9.41. The van der Waals surface area contributed by atoms with Crippen molar-refractivity contribution in [3.05, 3.63) is 35.9 Å². The van der Waals surface area contributed by atoms with Crippen LogP contribution in [0.1, 0.15) is 38.5 Å². The summed E-state index contributed by atoms with van der Waals surface area (Å²) in [6.45, 7) is 8.45. The molecule has 12 heteroatoms. The Morgan fingerprint density at radius 1 is 1.13 bits per heavy atom. The second-order valence-electron chi connectivity index (χ2n) is 11.0. The van der Waals surface area contributed by atoms with Crippen LogP contribution in [0, 0.1) is 5.92 Å². The molecule has 12 nitrogen and oxygen atoms in total. The highest BCUT2D eigenvalue weighted by Gasteiger charge is 2.38. The molecule has 3 aromatic heterocycles. The van der Waals surface area contributed by atoms with E-state index < -0.39 is 11.7 Å². The number of aryl methyl sites for hydroxylation is 1. The number of aromatic nitrogens is 6. The number of para-hydroxylation sites is 2. The number of morpholine rings is 1. The van der Waals surface area contributed by atoms with Crippen molar-refractivity contribution in [2.45, 2.75) is 38.9 Å². The van der Waals surface area contributed by atoms with Gasteiger partial charge in [0.25, 0.3) is 5.91 Å². The Kier molecular flexibility index (Phi) is 6.28. The van der Waals surface area contributed by atoms with Crippen LogP contribution in [-0.2, 0) is 23.0 Å². The molecule has 2 aliphatic rings. The van der Waals surface area contributed by atoms with Crippen LogP contribution in [0.25, 0.3) is 28.1 Å².